The number of hydrogen-bond donors (Lipinski definition) is 1. The number of nitrogens with one attached hydrogen (secondary N) is 1. The van der Waals surface area contributed by atoms with Gasteiger partial charge in [-0.25, -0.2) is 9.97 Å². The molecule has 0 aliphatic heterocycles. The Morgan fingerprint density at radius 2 is 2.00 bits per heavy atom. The Bertz CT molecular complexity index is 783. The molecule has 0 saturated carbocycles. The lowest BCUT2D eigenvalue weighted by Crippen LogP contribution is -1.98. The van der Waals surface area contributed by atoms with Gasteiger partial charge in [0.05, 0.1) is 11.7 Å². The molecule has 4 nitrogen and oxygen atoms in total. The number of unbranched alkanes of at least 4 members (excludes halogenated alkanes) is 1. The van der Waals surface area contributed by atoms with Gasteiger partial charge in [0.25, 0.3) is 0 Å². The summed E-state index contributed by atoms with van der Waals surface area (Å²) in [6.07, 6.45) is 6.72. The third kappa shape index (κ3) is 3.22. The van der Waals surface area contributed by atoms with Crippen molar-refractivity contribution in [3.05, 3.63) is 54.1 Å². The number of aromatic nitrogens is 3. The zero-order chi connectivity index (χ0) is 15.4. The van der Waals surface area contributed by atoms with Crippen molar-refractivity contribution < 1.29 is 0 Å². The second-order valence-electron chi connectivity index (χ2n) is 5.51. The highest BCUT2D eigenvalue weighted by Crippen LogP contribution is 2.24. The van der Waals surface area contributed by atoms with Crippen LogP contribution in [-0.2, 0) is 6.42 Å². The van der Waals surface area contributed by atoms with Gasteiger partial charge in [-0.1, -0.05) is 25.5 Å². The van der Waals surface area contributed by atoms with Crippen LogP contribution in [0.2, 0.25) is 0 Å². The zero-order valence-electron chi connectivity index (χ0n) is 13.0. The first kappa shape index (κ1) is 14.4. The van der Waals surface area contributed by atoms with Crippen LogP contribution in [-0.4, -0.2) is 15.0 Å². The van der Waals surface area contributed by atoms with E-state index in [1.165, 1.54) is 12.0 Å². The number of hydrogen-bond acceptors (Lipinski definition) is 4. The van der Waals surface area contributed by atoms with E-state index in [9.17, 15) is 0 Å². The van der Waals surface area contributed by atoms with Gasteiger partial charge in [0.2, 0.25) is 0 Å². The molecular weight excluding hydrogens is 272 g/mol. The second kappa shape index (κ2) is 6.52. The van der Waals surface area contributed by atoms with Crippen LogP contribution in [0, 0.1) is 6.92 Å². The maximum Gasteiger partial charge on any atom is 0.141 e. The average Bonchev–Trinajstić information content (AvgIpc) is 2.53. The molecule has 0 bridgehead atoms. The number of anilines is 2. The van der Waals surface area contributed by atoms with Crippen molar-refractivity contribution in [3.8, 4) is 0 Å². The molecule has 0 aliphatic carbocycles. The van der Waals surface area contributed by atoms with Crippen LogP contribution in [0.25, 0.3) is 10.9 Å². The quantitative estimate of drug-likeness (QED) is 0.756. The van der Waals surface area contributed by atoms with Gasteiger partial charge < -0.3 is 5.32 Å². The minimum Gasteiger partial charge on any atom is -0.340 e. The molecule has 0 aliphatic rings. The van der Waals surface area contributed by atoms with Crippen molar-refractivity contribution >= 4 is 22.4 Å². The molecule has 0 atom stereocenters. The molecule has 0 fully saturated rings. The van der Waals surface area contributed by atoms with Crippen LogP contribution in [0.5, 0.6) is 0 Å². The van der Waals surface area contributed by atoms with Crippen molar-refractivity contribution in [2.75, 3.05) is 5.32 Å². The lowest BCUT2D eigenvalue weighted by Gasteiger charge is -2.09. The highest BCUT2D eigenvalue weighted by molar-refractivity contribution is 5.90. The highest BCUT2D eigenvalue weighted by atomic mass is 15.0. The third-order valence-electron chi connectivity index (χ3n) is 3.65. The van der Waals surface area contributed by atoms with Gasteiger partial charge in [-0.05, 0) is 43.5 Å². The Hall–Kier alpha value is -2.49. The summed E-state index contributed by atoms with van der Waals surface area (Å²) in [7, 11) is 0. The Kier molecular flexibility index (Phi) is 4.28. The van der Waals surface area contributed by atoms with Crippen LogP contribution >= 0.6 is 0 Å². The van der Waals surface area contributed by atoms with E-state index in [-0.39, 0.29) is 0 Å². The molecule has 112 valence electrons. The van der Waals surface area contributed by atoms with Crippen LogP contribution in [0.4, 0.5) is 11.5 Å². The Balaban J connectivity index is 1.97. The molecule has 0 spiro atoms. The number of pyridine rings is 1. The fraction of sp³-hybridized carbons (Fsp3) is 0.278. The van der Waals surface area contributed by atoms with Gasteiger partial charge in [0, 0.05) is 16.8 Å². The molecule has 22 heavy (non-hydrogen) atoms. The van der Waals surface area contributed by atoms with E-state index < -0.39 is 0 Å². The van der Waals surface area contributed by atoms with E-state index in [0.717, 1.165) is 40.9 Å². The third-order valence-corrected chi connectivity index (χ3v) is 3.65. The molecule has 0 unspecified atom stereocenters. The van der Waals surface area contributed by atoms with Crippen LogP contribution in [0.3, 0.4) is 0 Å². The number of aryl methyl sites for hydroxylation is 2. The minimum atomic E-state index is 0.829. The summed E-state index contributed by atoms with van der Waals surface area (Å²) in [6, 6.07) is 10.4. The summed E-state index contributed by atoms with van der Waals surface area (Å²) < 4.78 is 0. The van der Waals surface area contributed by atoms with Crippen molar-refractivity contribution in [1.29, 1.82) is 0 Å². The predicted octanol–water partition coefficient (Wildman–Crippen LogP) is 4.42. The molecule has 4 heteroatoms. The van der Waals surface area contributed by atoms with Crippen LogP contribution < -0.4 is 5.32 Å². The largest absolute Gasteiger partial charge is 0.340 e. The maximum absolute atomic E-state index is 4.49. The lowest BCUT2D eigenvalue weighted by atomic mass is 10.1. The summed E-state index contributed by atoms with van der Waals surface area (Å²) in [5.41, 5.74) is 4.21. The Morgan fingerprint density at radius 3 is 2.82 bits per heavy atom. The van der Waals surface area contributed by atoms with E-state index in [1.54, 1.807) is 6.33 Å². The second-order valence-corrected chi connectivity index (χ2v) is 5.51. The molecule has 2 heterocycles. The average molecular weight is 292 g/mol. The zero-order valence-corrected chi connectivity index (χ0v) is 13.0. The van der Waals surface area contributed by atoms with E-state index in [0.29, 0.717) is 0 Å². The van der Waals surface area contributed by atoms with Crippen LogP contribution in [0.15, 0.2) is 42.9 Å². The SMILES string of the molecule is CCCCc1cc2c(Nc3cccc(C)c3)ncnc2cn1. The topological polar surface area (TPSA) is 50.7 Å². The first-order chi connectivity index (χ1) is 10.8. The van der Waals surface area contributed by atoms with E-state index in [2.05, 4.69) is 52.3 Å². The van der Waals surface area contributed by atoms with Crippen molar-refractivity contribution in [3.63, 3.8) is 0 Å². The smallest absolute Gasteiger partial charge is 0.141 e. The molecular formula is C18H20N4. The number of nitrogens with zero attached hydrogens (tertiary/aromatic N) is 3. The molecule has 3 aromatic rings. The van der Waals surface area contributed by atoms with Gasteiger partial charge in [-0.15, -0.1) is 0 Å². The summed E-state index contributed by atoms with van der Waals surface area (Å²) in [4.78, 5) is 13.2. The van der Waals surface area contributed by atoms with Gasteiger partial charge >= 0.3 is 0 Å². The number of fused-ring (bicyclic) bond motifs is 1. The van der Waals surface area contributed by atoms with Gasteiger partial charge in [0.15, 0.2) is 0 Å². The van der Waals surface area contributed by atoms with Gasteiger partial charge in [0.1, 0.15) is 12.1 Å². The summed E-state index contributed by atoms with van der Waals surface area (Å²) in [5.74, 6) is 0.829. The van der Waals surface area contributed by atoms with Crippen molar-refractivity contribution in [2.45, 2.75) is 33.1 Å². The summed E-state index contributed by atoms with van der Waals surface area (Å²) >= 11 is 0. The van der Waals surface area contributed by atoms with Crippen molar-refractivity contribution in [2.24, 2.45) is 0 Å². The first-order valence-corrected chi connectivity index (χ1v) is 7.69. The standard InChI is InChI=1S/C18H20N4/c1-3-4-7-14-10-16-17(11-19-14)20-12-21-18(16)22-15-8-5-6-13(2)9-15/h5-6,8-12H,3-4,7H2,1-2H3,(H,20,21,22). The molecule has 2 aromatic heterocycles. The molecule has 3 rings (SSSR count). The van der Waals surface area contributed by atoms with Gasteiger partial charge in [-0.2, -0.15) is 0 Å². The molecule has 0 radical (unpaired) electrons. The fourth-order valence-electron chi connectivity index (χ4n) is 2.46. The van der Waals surface area contributed by atoms with Crippen molar-refractivity contribution in [1.82, 2.24) is 15.0 Å². The maximum atomic E-state index is 4.49. The Labute approximate surface area is 130 Å². The van der Waals surface area contributed by atoms with E-state index >= 15 is 0 Å². The normalized spacial score (nSPS) is 10.8. The first-order valence-electron chi connectivity index (χ1n) is 7.69. The fourth-order valence-corrected chi connectivity index (χ4v) is 2.46. The van der Waals surface area contributed by atoms with Crippen LogP contribution in [0.1, 0.15) is 31.0 Å². The summed E-state index contributed by atoms with van der Waals surface area (Å²) in [5, 5.41) is 4.41. The molecule has 1 aromatic carbocycles. The highest BCUT2D eigenvalue weighted by Gasteiger charge is 2.06. The van der Waals surface area contributed by atoms with E-state index in [1.807, 2.05) is 18.3 Å². The molecule has 0 amide bonds. The predicted molar refractivity (Wildman–Crippen MR) is 90.4 cm³/mol. The minimum absolute atomic E-state index is 0.829. The van der Waals surface area contributed by atoms with E-state index in [4.69, 9.17) is 0 Å². The molecule has 0 saturated heterocycles. The monoisotopic (exact) mass is 292 g/mol. The number of benzene rings is 1. The molecule has 1 N–H and O–H groups in total. The summed E-state index contributed by atoms with van der Waals surface area (Å²) in [6.45, 7) is 4.27. The Morgan fingerprint density at radius 1 is 1.09 bits per heavy atom. The number of rotatable bonds is 5. The lowest BCUT2D eigenvalue weighted by molar-refractivity contribution is 0.778. The van der Waals surface area contributed by atoms with Gasteiger partial charge in [-0.3, -0.25) is 4.98 Å².